The van der Waals surface area contributed by atoms with Gasteiger partial charge in [0.25, 0.3) is 5.56 Å². The highest BCUT2D eigenvalue weighted by Gasteiger charge is 2.17. The molecule has 4 nitrogen and oxygen atoms in total. The number of nitrogens with zero attached hydrogens (tertiary/aromatic N) is 2. The summed E-state index contributed by atoms with van der Waals surface area (Å²) >= 11 is 0. The van der Waals surface area contributed by atoms with Crippen LogP contribution in [-0.4, -0.2) is 15.9 Å². The molecule has 1 N–H and O–H groups in total. The van der Waals surface area contributed by atoms with Crippen molar-refractivity contribution in [1.82, 2.24) is 4.57 Å². The Kier molecular flexibility index (Phi) is 4.53. The summed E-state index contributed by atoms with van der Waals surface area (Å²) in [4.78, 5) is 17.7. The van der Waals surface area contributed by atoms with E-state index in [-0.39, 0.29) is 11.4 Å². The number of pyridine rings is 1. The van der Waals surface area contributed by atoms with Crippen LogP contribution in [0.5, 0.6) is 5.88 Å². The molecule has 0 fully saturated rings. The van der Waals surface area contributed by atoms with E-state index in [1.807, 2.05) is 80.6 Å². The van der Waals surface area contributed by atoms with Crippen LogP contribution in [0.1, 0.15) is 16.7 Å². The minimum atomic E-state index is -0.254. The molecule has 0 unspecified atom stereocenters. The molecule has 3 aromatic carbocycles. The van der Waals surface area contributed by atoms with E-state index < -0.39 is 0 Å². The van der Waals surface area contributed by atoms with Gasteiger partial charge in [0.15, 0.2) is 0 Å². The third-order valence-electron chi connectivity index (χ3n) is 4.91. The predicted octanol–water partition coefficient (Wildman–Crippen LogP) is 5.06. The van der Waals surface area contributed by atoms with Crippen molar-refractivity contribution in [3.05, 3.63) is 99.8 Å². The first-order valence-corrected chi connectivity index (χ1v) is 9.10. The molecular formula is C24H20N2O2. The summed E-state index contributed by atoms with van der Waals surface area (Å²) in [6.07, 6.45) is 1.63. The van der Waals surface area contributed by atoms with Crippen molar-refractivity contribution >= 4 is 22.7 Å². The van der Waals surface area contributed by atoms with Crippen molar-refractivity contribution in [2.45, 2.75) is 13.8 Å². The second-order valence-corrected chi connectivity index (χ2v) is 6.75. The lowest BCUT2D eigenvalue weighted by Crippen LogP contribution is -2.20. The van der Waals surface area contributed by atoms with Gasteiger partial charge in [-0.05, 0) is 43.2 Å². The summed E-state index contributed by atoms with van der Waals surface area (Å²) in [5.41, 5.74) is 3.67. The molecular weight excluding hydrogens is 348 g/mol. The van der Waals surface area contributed by atoms with Crippen LogP contribution in [0.25, 0.3) is 16.5 Å². The lowest BCUT2D eigenvalue weighted by Gasteiger charge is -2.15. The lowest BCUT2D eigenvalue weighted by molar-refractivity contribution is 0.436. The SMILES string of the molecule is Cc1ccccc1N=Cc1c(O)n(-c2ccccc2C)c(=O)c2ccccc12. The Morgan fingerprint density at radius 2 is 1.43 bits per heavy atom. The van der Waals surface area contributed by atoms with Crippen LogP contribution in [0.4, 0.5) is 5.69 Å². The highest BCUT2D eigenvalue weighted by atomic mass is 16.3. The third-order valence-corrected chi connectivity index (χ3v) is 4.91. The molecule has 0 amide bonds. The van der Waals surface area contributed by atoms with E-state index in [1.54, 1.807) is 12.3 Å². The number of hydrogen-bond donors (Lipinski definition) is 1. The first-order valence-electron chi connectivity index (χ1n) is 9.10. The van der Waals surface area contributed by atoms with Crippen molar-refractivity contribution in [3.63, 3.8) is 0 Å². The average molecular weight is 368 g/mol. The van der Waals surface area contributed by atoms with Gasteiger partial charge in [-0.1, -0.05) is 54.6 Å². The van der Waals surface area contributed by atoms with Gasteiger partial charge >= 0.3 is 0 Å². The molecule has 1 heterocycles. The molecule has 0 aliphatic carbocycles. The molecule has 4 aromatic rings. The topological polar surface area (TPSA) is 54.6 Å². The second-order valence-electron chi connectivity index (χ2n) is 6.75. The van der Waals surface area contributed by atoms with Crippen LogP contribution in [0, 0.1) is 13.8 Å². The predicted molar refractivity (Wildman–Crippen MR) is 114 cm³/mol. The quantitative estimate of drug-likeness (QED) is 0.514. The fourth-order valence-electron chi connectivity index (χ4n) is 3.37. The van der Waals surface area contributed by atoms with Crippen molar-refractivity contribution in [2.24, 2.45) is 4.99 Å². The first-order chi connectivity index (χ1) is 13.6. The number of rotatable bonds is 3. The van der Waals surface area contributed by atoms with E-state index >= 15 is 0 Å². The van der Waals surface area contributed by atoms with Crippen LogP contribution in [-0.2, 0) is 0 Å². The average Bonchev–Trinajstić information content (AvgIpc) is 2.70. The highest BCUT2D eigenvalue weighted by molar-refractivity contribution is 6.02. The number of aliphatic imine (C=N–C) groups is 1. The Hall–Kier alpha value is -3.66. The van der Waals surface area contributed by atoms with Gasteiger partial charge in [0.1, 0.15) is 0 Å². The minimum absolute atomic E-state index is 0.115. The molecule has 28 heavy (non-hydrogen) atoms. The monoisotopic (exact) mass is 368 g/mol. The van der Waals surface area contributed by atoms with E-state index in [1.165, 1.54) is 4.57 Å². The summed E-state index contributed by atoms with van der Waals surface area (Å²) in [6.45, 7) is 3.90. The molecule has 1 aromatic heterocycles. The van der Waals surface area contributed by atoms with Gasteiger partial charge in [0.05, 0.1) is 16.9 Å². The largest absolute Gasteiger partial charge is 0.494 e. The molecule has 0 aliphatic rings. The summed E-state index contributed by atoms with van der Waals surface area (Å²) in [6, 6.07) is 22.6. The van der Waals surface area contributed by atoms with E-state index in [4.69, 9.17) is 0 Å². The normalized spacial score (nSPS) is 11.4. The molecule has 4 rings (SSSR count). The second kappa shape index (κ2) is 7.16. The summed E-state index contributed by atoms with van der Waals surface area (Å²) < 4.78 is 1.36. The maximum Gasteiger partial charge on any atom is 0.265 e. The Balaban J connectivity index is 2.02. The summed E-state index contributed by atoms with van der Waals surface area (Å²) in [5.74, 6) is -0.115. The lowest BCUT2D eigenvalue weighted by atomic mass is 10.1. The maximum absolute atomic E-state index is 13.1. The van der Waals surface area contributed by atoms with Gasteiger partial charge in [0.2, 0.25) is 5.88 Å². The number of benzene rings is 3. The van der Waals surface area contributed by atoms with Gasteiger partial charge in [-0.3, -0.25) is 9.79 Å². The third kappa shape index (κ3) is 2.99. The fraction of sp³-hybridized carbons (Fsp3) is 0.0833. The summed E-state index contributed by atoms with van der Waals surface area (Å²) in [5, 5.41) is 12.3. The first kappa shape index (κ1) is 17.7. The van der Waals surface area contributed by atoms with Gasteiger partial charge in [-0.15, -0.1) is 0 Å². The molecule has 0 atom stereocenters. The van der Waals surface area contributed by atoms with E-state index in [2.05, 4.69) is 4.99 Å². The molecule has 0 radical (unpaired) electrons. The summed E-state index contributed by atoms with van der Waals surface area (Å²) in [7, 11) is 0. The Bertz CT molecular complexity index is 1270. The molecule has 4 heteroatoms. The molecule has 0 saturated carbocycles. The molecule has 138 valence electrons. The van der Waals surface area contributed by atoms with Gasteiger partial charge in [-0.25, -0.2) is 4.57 Å². The molecule has 0 aliphatic heterocycles. The van der Waals surface area contributed by atoms with E-state index in [0.29, 0.717) is 22.0 Å². The van der Waals surface area contributed by atoms with Crippen LogP contribution in [0.2, 0.25) is 0 Å². The van der Waals surface area contributed by atoms with Gasteiger partial charge < -0.3 is 5.11 Å². The zero-order valence-corrected chi connectivity index (χ0v) is 15.8. The Labute approximate surface area is 163 Å². The van der Waals surface area contributed by atoms with Crippen LogP contribution in [0.15, 0.2) is 82.6 Å². The van der Waals surface area contributed by atoms with Crippen LogP contribution < -0.4 is 5.56 Å². The van der Waals surface area contributed by atoms with Gasteiger partial charge in [0, 0.05) is 17.0 Å². The number of aromatic nitrogens is 1. The van der Waals surface area contributed by atoms with Crippen molar-refractivity contribution in [2.75, 3.05) is 0 Å². The standard InChI is InChI=1S/C24H20N2O2/c1-16-9-3-7-13-21(16)25-15-20-18-11-5-6-12-19(18)23(27)26(24(20)28)22-14-8-4-10-17(22)2/h3-15,28H,1-2H3. The number of para-hydroxylation sites is 2. The molecule has 0 bridgehead atoms. The number of aryl methyl sites for hydroxylation is 2. The van der Waals surface area contributed by atoms with Crippen molar-refractivity contribution < 1.29 is 5.11 Å². The van der Waals surface area contributed by atoms with Crippen LogP contribution >= 0.6 is 0 Å². The van der Waals surface area contributed by atoms with Crippen molar-refractivity contribution in [1.29, 1.82) is 0 Å². The highest BCUT2D eigenvalue weighted by Crippen LogP contribution is 2.28. The molecule has 0 spiro atoms. The zero-order chi connectivity index (χ0) is 19.7. The van der Waals surface area contributed by atoms with Crippen LogP contribution in [0.3, 0.4) is 0 Å². The number of aromatic hydroxyl groups is 1. The fourth-order valence-corrected chi connectivity index (χ4v) is 3.37. The Morgan fingerprint density at radius 1 is 0.821 bits per heavy atom. The Morgan fingerprint density at radius 3 is 2.14 bits per heavy atom. The van der Waals surface area contributed by atoms with Crippen molar-refractivity contribution in [3.8, 4) is 11.6 Å². The number of hydrogen-bond acceptors (Lipinski definition) is 3. The smallest absolute Gasteiger partial charge is 0.265 e. The number of fused-ring (bicyclic) bond motifs is 1. The zero-order valence-electron chi connectivity index (χ0n) is 15.8. The van der Waals surface area contributed by atoms with E-state index in [9.17, 15) is 9.90 Å². The minimum Gasteiger partial charge on any atom is -0.494 e. The van der Waals surface area contributed by atoms with E-state index in [0.717, 1.165) is 16.8 Å². The van der Waals surface area contributed by atoms with Gasteiger partial charge in [-0.2, -0.15) is 0 Å². The maximum atomic E-state index is 13.1. The molecule has 0 saturated heterocycles.